The molecule has 3 saturated carbocycles. The molecule has 0 bridgehead atoms. The fourth-order valence-corrected chi connectivity index (χ4v) is 9.89. The smallest absolute Gasteiger partial charge is 0.178 e. The molecule has 0 aromatic heterocycles. The van der Waals surface area contributed by atoms with Gasteiger partial charge in [0.05, 0.1) is 18.2 Å². The van der Waals surface area contributed by atoms with E-state index < -0.39 is 5.41 Å². The van der Waals surface area contributed by atoms with Gasteiger partial charge >= 0.3 is 0 Å². The van der Waals surface area contributed by atoms with E-state index in [4.69, 9.17) is 0 Å². The number of hydrogen-bond donors (Lipinski definition) is 1. The minimum atomic E-state index is -0.600. The lowest BCUT2D eigenvalue weighted by Gasteiger charge is -2.70. The zero-order valence-corrected chi connectivity index (χ0v) is 25.8. The quantitative estimate of drug-likeness (QED) is 0.276. The van der Waals surface area contributed by atoms with E-state index in [2.05, 4.69) is 59.0 Å². The van der Waals surface area contributed by atoms with Gasteiger partial charge in [-0.1, -0.05) is 67.9 Å². The van der Waals surface area contributed by atoms with E-state index >= 15 is 0 Å². The lowest BCUT2D eigenvalue weighted by atomic mass is 9.33. The zero-order valence-electron chi connectivity index (χ0n) is 25.8. The average Bonchev–Trinajstić information content (AvgIpc) is 2.88. The normalized spacial score (nSPS) is 41.4. The van der Waals surface area contributed by atoms with Crippen molar-refractivity contribution in [1.82, 2.24) is 5.32 Å². The molecule has 7 atom stereocenters. The highest BCUT2D eigenvalue weighted by Gasteiger charge is 2.69. The second kappa shape index (κ2) is 9.83. The number of hydrogen-bond acceptors (Lipinski definition) is 5. The number of nitrogens with one attached hydrogen (secondary N) is 1. The summed E-state index contributed by atoms with van der Waals surface area (Å²) in [5.41, 5.74) is -0.539. The van der Waals surface area contributed by atoms with E-state index in [9.17, 15) is 20.1 Å². The minimum absolute atomic E-state index is 0.0129. The van der Waals surface area contributed by atoms with Gasteiger partial charge in [-0.05, 0) is 83.9 Å². The van der Waals surface area contributed by atoms with E-state index in [0.29, 0.717) is 18.7 Å². The van der Waals surface area contributed by atoms with Gasteiger partial charge in [-0.15, -0.1) is 0 Å². The van der Waals surface area contributed by atoms with Crippen molar-refractivity contribution in [3.05, 3.63) is 11.6 Å². The van der Waals surface area contributed by atoms with Crippen LogP contribution in [0.4, 0.5) is 0 Å². The van der Waals surface area contributed by atoms with Gasteiger partial charge in [0.15, 0.2) is 5.78 Å². The Bertz CT molecular complexity index is 1140. The van der Waals surface area contributed by atoms with Gasteiger partial charge in [0, 0.05) is 24.3 Å². The predicted octanol–water partition coefficient (Wildman–Crippen LogP) is 7.18. The fourth-order valence-electron chi connectivity index (χ4n) is 9.89. The summed E-state index contributed by atoms with van der Waals surface area (Å²) in [6.07, 6.45) is 10.8. The maximum Gasteiger partial charge on any atom is 0.178 e. The Balaban J connectivity index is 1.71. The number of carbonyl (C=O) groups is 2. The maximum absolute atomic E-state index is 14.3. The minimum Gasteiger partial charge on any atom is -0.304 e. The zero-order chi connectivity index (χ0) is 29.1. The molecule has 0 spiro atoms. The van der Waals surface area contributed by atoms with Crippen LogP contribution in [0.5, 0.6) is 0 Å². The molecule has 214 valence electrons. The number of nitriles is 2. The number of carbonyl (C=O) groups excluding carboxylic acids is 2. The molecule has 39 heavy (non-hydrogen) atoms. The van der Waals surface area contributed by atoms with Crippen LogP contribution in [0.1, 0.15) is 113 Å². The van der Waals surface area contributed by atoms with Crippen molar-refractivity contribution >= 4 is 11.6 Å². The lowest BCUT2D eigenvalue weighted by molar-refractivity contribution is -0.202. The van der Waals surface area contributed by atoms with Crippen molar-refractivity contribution in [2.24, 2.45) is 50.2 Å². The van der Waals surface area contributed by atoms with Crippen molar-refractivity contribution in [3.63, 3.8) is 0 Å². The van der Waals surface area contributed by atoms with Gasteiger partial charge in [0.2, 0.25) is 0 Å². The molecule has 1 N–H and O–H groups in total. The Hall–Kier alpha value is -1.98. The summed E-state index contributed by atoms with van der Waals surface area (Å²) in [6.45, 7) is 19.2. The Kier molecular flexibility index (Phi) is 7.56. The molecule has 3 fully saturated rings. The summed E-state index contributed by atoms with van der Waals surface area (Å²) in [5, 5.41) is 22.5. The van der Waals surface area contributed by atoms with Crippen molar-refractivity contribution in [1.29, 1.82) is 10.5 Å². The van der Waals surface area contributed by atoms with Crippen LogP contribution in [0.25, 0.3) is 0 Å². The van der Waals surface area contributed by atoms with Gasteiger partial charge in [0.25, 0.3) is 0 Å². The van der Waals surface area contributed by atoms with Crippen molar-refractivity contribution in [3.8, 4) is 12.1 Å². The van der Waals surface area contributed by atoms with Crippen LogP contribution in [-0.4, -0.2) is 24.7 Å². The van der Waals surface area contributed by atoms with Gasteiger partial charge in [-0.3, -0.25) is 9.59 Å². The van der Waals surface area contributed by atoms with Gasteiger partial charge in [-0.25, -0.2) is 0 Å². The Morgan fingerprint density at radius 1 is 1.03 bits per heavy atom. The number of ketones is 2. The number of fused-ring (bicyclic) bond motifs is 5. The van der Waals surface area contributed by atoms with Crippen LogP contribution in [0.15, 0.2) is 11.6 Å². The van der Waals surface area contributed by atoms with Gasteiger partial charge < -0.3 is 5.32 Å². The summed E-state index contributed by atoms with van der Waals surface area (Å²) in [7, 11) is 0. The summed E-state index contributed by atoms with van der Waals surface area (Å²) in [5.74, 6) is 0.609. The molecule has 0 heterocycles. The monoisotopic (exact) mass is 533 g/mol. The van der Waals surface area contributed by atoms with Crippen molar-refractivity contribution in [2.45, 2.75) is 113 Å². The fraction of sp³-hybridized carbons (Fsp3) is 0.824. The summed E-state index contributed by atoms with van der Waals surface area (Å²) in [6, 6.07) is 4.46. The Morgan fingerprint density at radius 2 is 1.72 bits per heavy atom. The van der Waals surface area contributed by atoms with Crippen molar-refractivity contribution in [2.75, 3.05) is 13.1 Å². The molecule has 1 unspecified atom stereocenters. The van der Waals surface area contributed by atoms with Crippen LogP contribution in [0.2, 0.25) is 0 Å². The first-order chi connectivity index (χ1) is 18.1. The predicted molar refractivity (Wildman–Crippen MR) is 154 cm³/mol. The number of allylic oxidation sites excluding steroid dienone is 2. The van der Waals surface area contributed by atoms with E-state index in [1.165, 1.54) is 0 Å². The molecular weight excluding hydrogens is 482 g/mol. The van der Waals surface area contributed by atoms with Crippen LogP contribution in [-0.2, 0) is 9.59 Å². The SMILES string of the molecule is CCC(C)(C)CC[C@]1(CNCC#N)CC[C@]2(C)C(C1)C(=O)C[C@@H]1[C@@]3(C)C=C(C#N)C(=O)C(C)(C)[C@@H]3CC[C@]12C. The number of Topliss-reactive ketones (excluding diaryl/α,β-unsaturated/α-hetero) is 2. The third kappa shape index (κ3) is 4.52. The molecule has 4 aliphatic carbocycles. The third-order valence-corrected chi connectivity index (χ3v) is 13.2. The van der Waals surface area contributed by atoms with Crippen molar-refractivity contribution < 1.29 is 9.59 Å². The van der Waals surface area contributed by atoms with E-state index in [-0.39, 0.29) is 56.2 Å². The first-order valence-corrected chi connectivity index (χ1v) is 15.3. The first kappa shape index (κ1) is 30.0. The average molecular weight is 534 g/mol. The Morgan fingerprint density at radius 3 is 2.33 bits per heavy atom. The topological polar surface area (TPSA) is 93.8 Å². The highest BCUT2D eigenvalue weighted by Crippen LogP contribution is 2.73. The van der Waals surface area contributed by atoms with Crippen LogP contribution in [0, 0.1) is 72.9 Å². The molecule has 0 aromatic carbocycles. The van der Waals surface area contributed by atoms with Crippen LogP contribution < -0.4 is 5.32 Å². The summed E-state index contributed by atoms with van der Waals surface area (Å²) in [4.78, 5) is 27.5. The van der Waals surface area contributed by atoms with Crippen LogP contribution in [0.3, 0.4) is 0 Å². The second-order valence-electron chi connectivity index (χ2n) is 15.8. The standard InChI is InChI=1S/C34H51N3O2/c1-9-29(2,3)12-14-34(22-37-17-16-35)15-13-32(7)24(20-34)25(38)18-27-31(6)19-23(21-36)28(39)30(4,5)26(31)10-11-33(27,32)8/h19,24,26-27,37H,9-15,17-18,20,22H2,1-8H3/t24?,26-,27+,31-,32+,33+,34-/m0/s1. The number of rotatable bonds is 7. The van der Waals surface area contributed by atoms with Gasteiger partial charge in [0.1, 0.15) is 11.9 Å². The molecule has 0 aromatic rings. The molecule has 0 aliphatic heterocycles. The third-order valence-electron chi connectivity index (χ3n) is 13.2. The second-order valence-corrected chi connectivity index (χ2v) is 15.8. The maximum atomic E-state index is 14.3. The number of nitrogens with zero attached hydrogens (tertiary/aromatic N) is 2. The molecule has 0 saturated heterocycles. The van der Waals surface area contributed by atoms with Gasteiger partial charge in [-0.2, -0.15) is 10.5 Å². The highest BCUT2D eigenvalue weighted by atomic mass is 16.1. The van der Waals surface area contributed by atoms with E-state index in [1.54, 1.807) is 0 Å². The van der Waals surface area contributed by atoms with E-state index in [0.717, 1.165) is 57.9 Å². The first-order valence-electron chi connectivity index (χ1n) is 15.3. The molecule has 0 amide bonds. The summed E-state index contributed by atoms with van der Waals surface area (Å²) >= 11 is 0. The van der Waals surface area contributed by atoms with E-state index in [1.807, 2.05) is 19.9 Å². The molecule has 4 rings (SSSR count). The molecule has 0 radical (unpaired) electrons. The molecule has 5 heteroatoms. The molecule has 5 nitrogen and oxygen atoms in total. The lowest BCUT2D eigenvalue weighted by Crippen LogP contribution is -2.66. The summed E-state index contributed by atoms with van der Waals surface area (Å²) < 4.78 is 0. The molecular formula is C34H51N3O2. The largest absolute Gasteiger partial charge is 0.304 e. The molecule has 4 aliphatic rings. The van der Waals surface area contributed by atoms with Crippen LogP contribution >= 0.6 is 0 Å². The highest BCUT2D eigenvalue weighted by molar-refractivity contribution is 6.04. The Labute approximate surface area is 237 Å².